The van der Waals surface area contributed by atoms with Gasteiger partial charge in [0.25, 0.3) is 0 Å². The first-order valence-electron chi connectivity index (χ1n) is 5.64. The molecule has 0 aromatic rings. The lowest BCUT2D eigenvalue weighted by molar-refractivity contribution is 0.0799. The third-order valence-corrected chi connectivity index (χ3v) is 4.03. The second-order valence-electron chi connectivity index (χ2n) is 4.78. The molecule has 2 unspecified atom stereocenters. The number of primary amides is 1. The number of amides is 1. The summed E-state index contributed by atoms with van der Waals surface area (Å²) >= 11 is 0. The van der Waals surface area contributed by atoms with E-state index >= 15 is 0 Å². The molecule has 3 nitrogen and oxygen atoms in total. The normalized spacial score (nSPS) is 41.8. The van der Waals surface area contributed by atoms with Crippen LogP contribution in [-0.2, 0) is 4.74 Å². The minimum atomic E-state index is -0.611. The van der Waals surface area contributed by atoms with Crippen molar-refractivity contribution in [3.8, 4) is 0 Å². The minimum absolute atomic E-state index is 0.0839. The molecule has 0 spiro atoms. The Bertz CT molecular complexity index is 229. The zero-order valence-corrected chi connectivity index (χ0v) is 8.74. The second-order valence-corrected chi connectivity index (χ2v) is 4.78. The van der Waals surface area contributed by atoms with E-state index in [-0.39, 0.29) is 6.10 Å². The van der Waals surface area contributed by atoms with Crippen molar-refractivity contribution in [2.75, 3.05) is 0 Å². The van der Waals surface area contributed by atoms with Crippen LogP contribution < -0.4 is 5.73 Å². The lowest BCUT2D eigenvalue weighted by Gasteiger charge is -2.27. The maximum Gasteiger partial charge on any atom is 0.404 e. The van der Waals surface area contributed by atoms with Gasteiger partial charge in [-0.05, 0) is 30.6 Å². The van der Waals surface area contributed by atoms with Gasteiger partial charge in [-0.3, -0.25) is 0 Å². The van der Waals surface area contributed by atoms with Gasteiger partial charge in [-0.25, -0.2) is 4.79 Å². The van der Waals surface area contributed by atoms with Gasteiger partial charge < -0.3 is 10.5 Å². The molecule has 1 amide bonds. The molecule has 80 valence electrons. The Hall–Kier alpha value is -0.730. The van der Waals surface area contributed by atoms with Crippen LogP contribution in [0.2, 0.25) is 0 Å². The molecule has 4 atom stereocenters. The maximum absolute atomic E-state index is 10.7. The summed E-state index contributed by atoms with van der Waals surface area (Å²) in [7, 11) is 0. The first-order valence-corrected chi connectivity index (χ1v) is 5.64. The highest BCUT2D eigenvalue weighted by atomic mass is 16.6. The zero-order valence-electron chi connectivity index (χ0n) is 8.74. The van der Waals surface area contributed by atoms with Crippen molar-refractivity contribution in [3.05, 3.63) is 0 Å². The molecule has 0 aliphatic heterocycles. The minimum Gasteiger partial charge on any atom is -0.446 e. The molecule has 0 aromatic carbocycles. The van der Waals surface area contributed by atoms with E-state index in [1.165, 1.54) is 25.7 Å². The molecule has 2 aliphatic carbocycles. The Morgan fingerprint density at radius 3 is 2.71 bits per heavy atom. The first kappa shape index (κ1) is 9.81. The molecule has 0 heterocycles. The van der Waals surface area contributed by atoms with Crippen LogP contribution in [0.15, 0.2) is 0 Å². The molecule has 14 heavy (non-hydrogen) atoms. The number of rotatable bonds is 1. The number of hydrogen-bond acceptors (Lipinski definition) is 2. The van der Waals surface area contributed by atoms with E-state index in [9.17, 15) is 4.79 Å². The molecule has 3 heteroatoms. The van der Waals surface area contributed by atoms with Gasteiger partial charge >= 0.3 is 6.09 Å². The van der Waals surface area contributed by atoms with Crippen LogP contribution in [0.4, 0.5) is 4.79 Å². The van der Waals surface area contributed by atoms with Crippen LogP contribution in [0.1, 0.15) is 39.0 Å². The molecule has 0 saturated heterocycles. The molecule has 2 aliphatic rings. The Morgan fingerprint density at radius 1 is 1.36 bits per heavy atom. The van der Waals surface area contributed by atoms with Crippen molar-refractivity contribution in [1.82, 2.24) is 0 Å². The fraction of sp³-hybridized carbons (Fsp3) is 0.909. The highest BCUT2D eigenvalue weighted by Gasteiger charge is 2.42. The Balaban J connectivity index is 1.99. The van der Waals surface area contributed by atoms with Gasteiger partial charge in [0.2, 0.25) is 0 Å². The van der Waals surface area contributed by atoms with Gasteiger partial charge in [0.05, 0.1) is 0 Å². The number of carbonyl (C=O) groups is 1. The summed E-state index contributed by atoms with van der Waals surface area (Å²) in [6.07, 6.45) is 5.82. The van der Waals surface area contributed by atoms with Crippen LogP contribution in [0.25, 0.3) is 0 Å². The van der Waals surface area contributed by atoms with Crippen molar-refractivity contribution in [2.24, 2.45) is 23.5 Å². The lowest BCUT2D eigenvalue weighted by Crippen LogP contribution is -2.26. The van der Waals surface area contributed by atoms with Gasteiger partial charge in [-0.15, -0.1) is 0 Å². The molecule has 0 bridgehead atoms. The fourth-order valence-corrected chi connectivity index (χ4v) is 3.31. The third-order valence-electron chi connectivity index (χ3n) is 4.03. The largest absolute Gasteiger partial charge is 0.446 e. The lowest BCUT2D eigenvalue weighted by atomic mass is 9.79. The van der Waals surface area contributed by atoms with Gasteiger partial charge in [0, 0.05) is 0 Å². The number of nitrogens with two attached hydrogens (primary N) is 1. The van der Waals surface area contributed by atoms with E-state index in [2.05, 4.69) is 6.92 Å². The standard InChI is InChI=1S/C11H19NO2/c1-7-9-5-3-2-4-8(9)6-10(7)14-11(12)13/h7-10H,2-6H2,1H3,(H2,12,13)/t7-,8?,9?,10-/m1/s1. The first-order chi connectivity index (χ1) is 6.68. The highest BCUT2D eigenvalue weighted by Crippen LogP contribution is 2.46. The molecule has 0 radical (unpaired) electrons. The number of fused-ring (bicyclic) bond motifs is 1. The summed E-state index contributed by atoms with van der Waals surface area (Å²) in [6, 6.07) is 0. The van der Waals surface area contributed by atoms with E-state index in [4.69, 9.17) is 10.5 Å². The molecule has 2 saturated carbocycles. The average molecular weight is 197 g/mol. The molecule has 0 aromatic heterocycles. The summed E-state index contributed by atoms with van der Waals surface area (Å²) in [6.45, 7) is 2.20. The van der Waals surface area contributed by atoms with Crippen LogP contribution >= 0.6 is 0 Å². The average Bonchev–Trinajstić information content (AvgIpc) is 2.44. The number of carbonyl (C=O) groups excluding carboxylic acids is 1. The van der Waals surface area contributed by atoms with Crippen LogP contribution in [-0.4, -0.2) is 12.2 Å². The topological polar surface area (TPSA) is 52.3 Å². The summed E-state index contributed by atoms with van der Waals surface area (Å²) in [5.41, 5.74) is 5.06. The van der Waals surface area contributed by atoms with Crippen molar-refractivity contribution < 1.29 is 9.53 Å². The second kappa shape index (κ2) is 3.79. The van der Waals surface area contributed by atoms with E-state index in [1.54, 1.807) is 0 Å². The molecular weight excluding hydrogens is 178 g/mol. The monoisotopic (exact) mass is 197 g/mol. The van der Waals surface area contributed by atoms with Crippen molar-refractivity contribution in [2.45, 2.75) is 45.1 Å². The van der Waals surface area contributed by atoms with Gasteiger partial charge in [0.1, 0.15) is 6.10 Å². The summed E-state index contributed by atoms with van der Waals surface area (Å²) in [5.74, 6) is 2.06. The number of hydrogen-bond donors (Lipinski definition) is 1. The maximum atomic E-state index is 10.7. The summed E-state index contributed by atoms with van der Waals surface area (Å²) in [5, 5.41) is 0. The van der Waals surface area contributed by atoms with E-state index in [1.807, 2.05) is 0 Å². The van der Waals surface area contributed by atoms with E-state index < -0.39 is 6.09 Å². The Labute approximate surface area is 85.0 Å². The Kier molecular flexibility index (Phi) is 2.66. The van der Waals surface area contributed by atoms with Gasteiger partial charge in [-0.2, -0.15) is 0 Å². The summed E-state index contributed by atoms with van der Waals surface area (Å²) in [4.78, 5) is 10.7. The third kappa shape index (κ3) is 1.72. The molecule has 2 rings (SSSR count). The molecular formula is C11H19NO2. The van der Waals surface area contributed by atoms with Crippen LogP contribution in [0.3, 0.4) is 0 Å². The van der Waals surface area contributed by atoms with E-state index in [0.29, 0.717) is 5.92 Å². The predicted molar refractivity (Wildman–Crippen MR) is 53.7 cm³/mol. The fourth-order valence-electron chi connectivity index (χ4n) is 3.31. The zero-order chi connectivity index (χ0) is 10.1. The Morgan fingerprint density at radius 2 is 2.07 bits per heavy atom. The van der Waals surface area contributed by atoms with Crippen molar-refractivity contribution in [3.63, 3.8) is 0 Å². The molecule has 2 fully saturated rings. The van der Waals surface area contributed by atoms with Gasteiger partial charge in [-0.1, -0.05) is 26.2 Å². The molecule has 2 N–H and O–H groups in total. The summed E-state index contributed by atoms with van der Waals surface area (Å²) < 4.78 is 5.15. The van der Waals surface area contributed by atoms with Crippen LogP contribution in [0.5, 0.6) is 0 Å². The van der Waals surface area contributed by atoms with E-state index in [0.717, 1.165) is 18.3 Å². The highest BCUT2D eigenvalue weighted by molar-refractivity contribution is 5.64. The predicted octanol–water partition coefficient (Wildman–Crippen LogP) is 2.30. The quantitative estimate of drug-likeness (QED) is 0.701. The van der Waals surface area contributed by atoms with Gasteiger partial charge in [0.15, 0.2) is 0 Å². The van der Waals surface area contributed by atoms with Crippen LogP contribution in [0, 0.1) is 17.8 Å². The SMILES string of the molecule is C[C@@H]1C2CCCCC2C[C@H]1OC(N)=O. The van der Waals surface area contributed by atoms with Crippen molar-refractivity contribution >= 4 is 6.09 Å². The van der Waals surface area contributed by atoms with Crippen molar-refractivity contribution in [1.29, 1.82) is 0 Å². The smallest absolute Gasteiger partial charge is 0.404 e. The number of ether oxygens (including phenoxy) is 1.